The lowest BCUT2D eigenvalue weighted by atomic mass is 10.0. The van der Waals surface area contributed by atoms with Crippen LogP contribution in [-0.4, -0.2) is 0 Å². The van der Waals surface area contributed by atoms with Crippen LogP contribution in [0.4, 0.5) is 17.1 Å². The third kappa shape index (κ3) is 6.26. The van der Waals surface area contributed by atoms with E-state index in [4.69, 9.17) is 0 Å². The molecule has 0 heterocycles. The maximum atomic E-state index is 2.32. The van der Waals surface area contributed by atoms with Crippen molar-refractivity contribution in [1.29, 1.82) is 0 Å². The Labute approximate surface area is 221 Å². The molecule has 0 amide bonds. The molecule has 0 aliphatic heterocycles. The van der Waals surface area contributed by atoms with Gasteiger partial charge in [-0.2, -0.15) is 0 Å². The van der Waals surface area contributed by atoms with Crippen LogP contribution in [0.15, 0.2) is 133 Å². The van der Waals surface area contributed by atoms with Crippen LogP contribution >= 0.6 is 0 Å². The van der Waals surface area contributed by atoms with Crippen LogP contribution in [0, 0.1) is 13.8 Å². The molecule has 5 aromatic rings. The zero-order valence-electron chi connectivity index (χ0n) is 21.6. The number of rotatable bonds is 8. The number of para-hydroxylation sites is 1. The van der Waals surface area contributed by atoms with E-state index in [0.29, 0.717) is 0 Å². The predicted octanol–water partition coefficient (Wildman–Crippen LogP) is 10.1. The van der Waals surface area contributed by atoms with E-state index in [9.17, 15) is 0 Å². The van der Waals surface area contributed by atoms with Crippen molar-refractivity contribution in [3.63, 3.8) is 0 Å². The topological polar surface area (TPSA) is 3.24 Å². The summed E-state index contributed by atoms with van der Waals surface area (Å²) in [7, 11) is 0. The first kappa shape index (κ1) is 24.3. The minimum absolute atomic E-state index is 1.02. The van der Waals surface area contributed by atoms with Crippen LogP contribution in [-0.2, 0) is 6.42 Å². The highest BCUT2D eigenvalue weighted by Gasteiger charge is 2.12. The van der Waals surface area contributed by atoms with Crippen LogP contribution in [0.25, 0.3) is 17.2 Å². The van der Waals surface area contributed by atoms with E-state index in [1.54, 1.807) is 0 Å². The average molecular weight is 480 g/mol. The number of aryl methyl sites for hydroxylation is 3. The summed E-state index contributed by atoms with van der Waals surface area (Å²) in [5.74, 6) is 0. The van der Waals surface area contributed by atoms with Gasteiger partial charge in [-0.05, 0) is 85.3 Å². The fraction of sp³-hybridized carbons (Fsp3) is 0.111. The maximum absolute atomic E-state index is 2.32. The van der Waals surface area contributed by atoms with Gasteiger partial charge in [0.2, 0.25) is 0 Å². The molecule has 0 unspecified atom stereocenters. The second-order valence-corrected chi connectivity index (χ2v) is 9.61. The van der Waals surface area contributed by atoms with Gasteiger partial charge in [0.1, 0.15) is 0 Å². The molecule has 0 radical (unpaired) electrons. The Bertz CT molecular complexity index is 1460. The SMILES string of the molecule is Cc1ccc(-c2ccc(N(c3ccccc3)c3cccc(/C=C/CCc4cccc(C)c4)c3)cc2)cc1. The molecule has 0 spiro atoms. The standard InChI is InChI=1S/C36H33N/c1-28-18-20-32(21-19-28)33-22-24-35(25-23-33)37(34-15-4-3-5-16-34)36-17-9-14-31(27-36)12-7-6-11-30-13-8-10-29(2)26-30/h3-5,7-10,12-27H,6,11H2,1-2H3/b12-7+. The van der Waals surface area contributed by atoms with Gasteiger partial charge in [0.15, 0.2) is 0 Å². The number of allylic oxidation sites excluding steroid dienone is 1. The Hall–Kier alpha value is -4.36. The second-order valence-electron chi connectivity index (χ2n) is 9.61. The molecular weight excluding hydrogens is 446 g/mol. The van der Waals surface area contributed by atoms with Crippen molar-refractivity contribution in [3.8, 4) is 11.1 Å². The van der Waals surface area contributed by atoms with Crippen molar-refractivity contribution in [2.75, 3.05) is 4.90 Å². The molecule has 0 saturated heterocycles. The molecule has 0 N–H and O–H groups in total. The Balaban J connectivity index is 1.39. The second kappa shape index (κ2) is 11.6. The third-order valence-corrected chi connectivity index (χ3v) is 6.65. The molecule has 1 nitrogen and oxygen atoms in total. The van der Waals surface area contributed by atoms with E-state index in [1.165, 1.54) is 33.4 Å². The minimum atomic E-state index is 1.02. The van der Waals surface area contributed by atoms with Crippen LogP contribution in [0.1, 0.15) is 28.7 Å². The minimum Gasteiger partial charge on any atom is -0.310 e. The number of nitrogens with zero attached hydrogens (tertiary/aromatic N) is 1. The summed E-state index contributed by atoms with van der Waals surface area (Å²) < 4.78 is 0. The van der Waals surface area contributed by atoms with E-state index in [2.05, 4.69) is 158 Å². The highest BCUT2D eigenvalue weighted by molar-refractivity contribution is 5.79. The van der Waals surface area contributed by atoms with Crippen LogP contribution < -0.4 is 4.90 Å². The average Bonchev–Trinajstić information content (AvgIpc) is 2.93. The summed E-state index contributed by atoms with van der Waals surface area (Å²) in [6, 6.07) is 45.7. The maximum Gasteiger partial charge on any atom is 0.0467 e. The summed E-state index contributed by atoms with van der Waals surface area (Å²) in [6.07, 6.45) is 6.60. The Kier molecular flexibility index (Phi) is 7.62. The molecule has 0 bridgehead atoms. The molecule has 0 saturated carbocycles. The number of anilines is 3. The number of hydrogen-bond acceptors (Lipinski definition) is 1. The van der Waals surface area contributed by atoms with Crippen molar-refractivity contribution in [3.05, 3.63) is 156 Å². The van der Waals surface area contributed by atoms with Gasteiger partial charge in [-0.1, -0.05) is 114 Å². The van der Waals surface area contributed by atoms with Gasteiger partial charge in [0, 0.05) is 17.1 Å². The quantitative estimate of drug-likeness (QED) is 0.214. The molecule has 0 fully saturated rings. The first-order valence-electron chi connectivity index (χ1n) is 13.0. The lowest BCUT2D eigenvalue weighted by Crippen LogP contribution is -2.09. The third-order valence-electron chi connectivity index (χ3n) is 6.65. The normalized spacial score (nSPS) is 11.1. The molecule has 37 heavy (non-hydrogen) atoms. The van der Waals surface area contributed by atoms with Crippen LogP contribution in [0.2, 0.25) is 0 Å². The summed E-state index contributed by atoms with van der Waals surface area (Å²) in [5, 5.41) is 0. The highest BCUT2D eigenvalue weighted by Crippen LogP contribution is 2.36. The van der Waals surface area contributed by atoms with Crippen molar-refractivity contribution < 1.29 is 0 Å². The Morgan fingerprint density at radius 2 is 1.19 bits per heavy atom. The van der Waals surface area contributed by atoms with Crippen molar-refractivity contribution in [2.45, 2.75) is 26.7 Å². The van der Waals surface area contributed by atoms with E-state index >= 15 is 0 Å². The van der Waals surface area contributed by atoms with Gasteiger partial charge in [0.25, 0.3) is 0 Å². The van der Waals surface area contributed by atoms with Gasteiger partial charge in [-0.25, -0.2) is 0 Å². The zero-order valence-corrected chi connectivity index (χ0v) is 21.6. The van der Waals surface area contributed by atoms with E-state index in [1.807, 2.05) is 0 Å². The monoisotopic (exact) mass is 479 g/mol. The number of hydrogen-bond donors (Lipinski definition) is 0. The zero-order chi connectivity index (χ0) is 25.5. The molecule has 1 heteroatoms. The molecular formula is C36H33N. The van der Waals surface area contributed by atoms with Gasteiger partial charge < -0.3 is 4.90 Å². The Morgan fingerprint density at radius 1 is 0.541 bits per heavy atom. The first-order valence-corrected chi connectivity index (χ1v) is 13.0. The molecule has 0 atom stereocenters. The molecule has 182 valence electrons. The smallest absolute Gasteiger partial charge is 0.0467 e. The van der Waals surface area contributed by atoms with Crippen LogP contribution in [0.3, 0.4) is 0 Å². The molecule has 0 aromatic heterocycles. The van der Waals surface area contributed by atoms with Crippen molar-refractivity contribution in [1.82, 2.24) is 0 Å². The van der Waals surface area contributed by atoms with Gasteiger partial charge in [0.05, 0.1) is 0 Å². The fourth-order valence-corrected chi connectivity index (χ4v) is 4.68. The van der Waals surface area contributed by atoms with E-state index < -0.39 is 0 Å². The molecule has 5 rings (SSSR count). The number of benzene rings is 5. The van der Waals surface area contributed by atoms with Crippen molar-refractivity contribution in [2.24, 2.45) is 0 Å². The van der Waals surface area contributed by atoms with Crippen LogP contribution in [0.5, 0.6) is 0 Å². The lowest BCUT2D eigenvalue weighted by molar-refractivity contribution is 1.00. The molecule has 0 aliphatic carbocycles. The Morgan fingerprint density at radius 3 is 1.92 bits per heavy atom. The lowest BCUT2D eigenvalue weighted by Gasteiger charge is -2.26. The predicted molar refractivity (Wildman–Crippen MR) is 160 cm³/mol. The summed E-state index contributed by atoms with van der Waals surface area (Å²) in [6.45, 7) is 4.28. The fourth-order valence-electron chi connectivity index (χ4n) is 4.68. The molecule has 5 aromatic carbocycles. The van der Waals surface area contributed by atoms with E-state index in [0.717, 1.165) is 29.9 Å². The summed E-state index contributed by atoms with van der Waals surface area (Å²) in [4.78, 5) is 2.32. The van der Waals surface area contributed by atoms with Gasteiger partial charge >= 0.3 is 0 Å². The molecule has 0 aliphatic rings. The summed E-state index contributed by atoms with van der Waals surface area (Å²) >= 11 is 0. The van der Waals surface area contributed by atoms with E-state index in [-0.39, 0.29) is 0 Å². The highest BCUT2D eigenvalue weighted by atomic mass is 15.1. The first-order chi connectivity index (χ1) is 18.2. The van der Waals surface area contributed by atoms with Crippen molar-refractivity contribution >= 4 is 23.1 Å². The largest absolute Gasteiger partial charge is 0.310 e. The summed E-state index contributed by atoms with van der Waals surface area (Å²) in [5.41, 5.74) is 11.1. The van der Waals surface area contributed by atoms with Gasteiger partial charge in [-0.3, -0.25) is 0 Å². The van der Waals surface area contributed by atoms with Gasteiger partial charge in [-0.15, -0.1) is 0 Å².